The van der Waals surface area contributed by atoms with Crippen LogP contribution in [0.2, 0.25) is 4.34 Å². The maximum Gasteiger partial charge on any atom is 0.243 e. The van der Waals surface area contributed by atoms with E-state index in [-0.39, 0.29) is 23.8 Å². The zero-order valence-corrected chi connectivity index (χ0v) is 14.1. The van der Waals surface area contributed by atoms with Crippen LogP contribution in [0.5, 0.6) is 0 Å². The molecule has 0 bridgehead atoms. The Kier molecular flexibility index (Phi) is 3.77. The van der Waals surface area contributed by atoms with Crippen molar-refractivity contribution < 1.29 is 9.59 Å². The zero-order valence-electron chi connectivity index (χ0n) is 12.5. The molecule has 0 saturated heterocycles. The molecular formula is C17H17ClN2O2S. The second-order valence-corrected chi connectivity index (χ2v) is 7.93. The molecule has 0 fully saturated rings. The maximum atomic E-state index is 12.8. The van der Waals surface area contributed by atoms with Crippen molar-refractivity contribution in [3.05, 3.63) is 44.9 Å². The van der Waals surface area contributed by atoms with Gasteiger partial charge in [0, 0.05) is 17.5 Å². The van der Waals surface area contributed by atoms with E-state index >= 15 is 0 Å². The van der Waals surface area contributed by atoms with Gasteiger partial charge in [0.25, 0.3) is 0 Å². The number of amides is 1. The van der Waals surface area contributed by atoms with E-state index in [0.717, 1.165) is 23.6 Å². The molecule has 6 heteroatoms. The van der Waals surface area contributed by atoms with Gasteiger partial charge in [0.15, 0.2) is 5.78 Å². The SMILES string of the molecule is O=C1CCC(C(=O)NC2CCCc3sc(Cl)cc32)n2cccc21. The maximum absolute atomic E-state index is 12.8. The summed E-state index contributed by atoms with van der Waals surface area (Å²) in [5.74, 6) is 0.110. The third kappa shape index (κ3) is 2.62. The molecule has 0 radical (unpaired) electrons. The summed E-state index contributed by atoms with van der Waals surface area (Å²) in [6.45, 7) is 0. The Morgan fingerprint density at radius 2 is 2.22 bits per heavy atom. The second kappa shape index (κ2) is 5.80. The molecule has 1 amide bonds. The van der Waals surface area contributed by atoms with Crippen LogP contribution in [0.4, 0.5) is 0 Å². The number of aryl methyl sites for hydroxylation is 1. The normalized spacial score (nSPS) is 23.3. The van der Waals surface area contributed by atoms with Crippen molar-refractivity contribution in [1.29, 1.82) is 0 Å². The monoisotopic (exact) mass is 348 g/mol. The summed E-state index contributed by atoms with van der Waals surface area (Å²) in [4.78, 5) is 26.0. The molecule has 1 N–H and O–H groups in total. The largest absolute Gasteiger partial charge is 0.347 e. The number of hydrogen-bond donors (Lipinski definition) is 1. The van der Waals surface area contributed by atoms with E-state index in [9.17, 15) is 9.59 Å². The van der Waals surface area contributed by atoms with Crippen LogP contribution in [0.1, 0.15) is 58.7 Å². The molecule has 0 saturated carbocycles. The summed E-state index contributed by atoms with van der Waals surface area (Å²) in [5.41, 5.74) is 1.80. The Labute approximate surface area is 143 Å². The Morgan fingerprint density at radius 1 is 1.35 bits per heavy atom. The highest BCUT2D eigenvalue weighted by molar-refractivity contribution is 7.16. The van der Waals surface area contributed by atoms with Crippen molar-refractivity contribution in [2.24, 2.45) is 0 Å². The second-order valence-electron chi connectivity index (χ2n) is 6.16. The van der Waals surface area contributed by atoms with Crippen LogP contribution in [0, 0.1) is 0 Å². The van der Waals surface area contributed by atoms with Crippen LogP contribution in [0.3, 0.4) is 0 Å². The topological polar surface area (TPSA) is 51.1 Å². The van der Waals surface area contributed by atoms with Crippen molar-refractivity contribution in [1.82, 2.24) is 9.88 Å². The summed E-state index contributed by atoms with van der Waals surface area (Å²) in [6.07, 6.45) is 5.87. The number of rotatable bonds is 2. The molecule has 23 heavy (non-hydrogen) atoms. The standard InChI is InChI=1S/C17H17ClN2O2S/c18-16-9-10-11(3-1-5-15(10)23-16)19-17(22)13-6-7-14(21)12-4-2-8-20(12)13/h2,4,8-9,11,13H,1,3,5-7H2,(H,19,22). The summed E-state index contributed by atoms with van der Waals surface area (Å²) < 4.78 is 2.60. The first-order chi connectivity index (χ1) is 11.1. The lowest BCUT2D eigenvalue weighted by Crippen LogP contribution is -2.38. The van der Waals surface area contributed by atoms with Gasteiger partial charge >= 0.3 is 0 Å². The molecule has 120 valence electrons. The molecule has 0 spiro atoms. The summed E-state index contributed by atoms with van der Waals surface area (Å²) in [6, 6.07) is 5.34. The molecule has 2 atom stereocenters. The summed E-state index contributed by atoms with van der Waals surface area (Å²) in [7, 11) is 0. The highest BCUT2D eigenvalue weighted by Crippen LogP contribution is 2.38. The average molecular weight is 349 g/mol. The Morgan fingerprint density at radius 3 is 3.09 bits per heavy atom. The van der Waals surface area contributed by atoms with Crippen molar-refractivity contribution in [2.75, 3.05) is 0 Å². The van der Waals surface area contributed by atoms with Crippen LogP contribution in [0.25, 0.3) is 0 Å². The fourth-order valence-corrected chi connectivity index (χ4v) is 5.02. The predicted molar refractivity (Wildman–Crippen MR) is 90.2 cm³/mol. The lowest BCUT2D eigenvalue weighted by molar-refractivity contribution is -0.125. The first-order valence-electron chi connectivity index (χ1n) is 7.92. The Bertz CT molecular complexity index is 779. The highest BCUT2D eigenvalue weighted by Gasteiger charge is 2.32. The molecule has 2 aromatic rings. The van der Waals surface area contributed by atoms with E-state index in [1.165, 1.54) is 10.4 Å². The number of carbonyl (C=O) groups excluding carboxylic acids is 2. The van der Waals surface area contributed by atoms with E-state index in [1.807, 2.05) is 22.9 Å². The lowest BCUT2D eigenvalue weighted by Gasteiger charge is -2.29. The molecule has 2 aliphatic rings. The first-order valence-corrected chi connectivity index (χ1v) is 9.11. The molecule has 2 unspecified atom stereocenters. The number of carbonyl (C=O) groups is 2. The minimum atomic E-state index is -0.294. The number of thiophene rings is 1. The van der Waals surface area contributed by atoms with Crippen molar-refractivity contribution in [3.8, 4) is 0 Å². The van der Waals surface area contributed by atoms with Gasteiger partial charge in [-0.1, -0.05) is 11.6 Å². The molecule has 4 rings (SSSR count). The van der Waals surface area contributed by atoms with Crippen LogP contribution in [-0.4, -0.2) is 16.3 Å². The van der Waals surface area contributed by atoms with Gasteiger partial charge in [-0.3, -0.25) is 9.59 Å². The minimum absolute atomic E-state index is 0.00452. The number of fused-ring (bicyclic) bond motifs is 2. The number of nitrogens with zero attached hydrogens (tertiary/aromatic N) is 1. The van der Waals surface area contributed by atoms with E-state index in [2.05, 4.69) is 5.32 Å². The molecule has 4 nitrogen and oxygen atoms in total. The number of aromatic nitrogens is 1. The van der Waals surface area contributed by atoms with Gasteiger partial charge in [-0.25, -0.2) is 0 Å². The third-order valence-corrected chi connectivity index (χ3v) is 6.09. The number of Topliss-reactive ketones (excluding diaryl/α,β-unsaturated/α-hetero) is 1. The van der Waals surface area contributed by atoms with Crippen molar-refractivity contribution in [2.45, 2.75) is 44.2 Å². The number of nitrogens with one attached hydrogen (secondary N) is 1. The summed E-state index contributed by atoms with van der Waals surface area (Å²) >= 11 is 7.75. The van der Waals surface area contributed by atoms with Gasteiger partial charge < -0.3 is 9.88 Å². The van der Waals surface area contributed by atoms with Crippen LogP contribution in [-0.2, 0) is 11.2 Å². The predicted octanol–water partition coefficient (Wildman–Crippen LogP) is 3.91. The number of ketones is 1. The molecule has 2 aromatic heterocycles. The third-order valence-electron chi connectivity index (χ3n) is 4.75. The molecule has 0 aromatic carbocycles. The molecule has 1 aliphatic carbocycles. The van der Waals surface area contributed by atoms with E-state index < -0.39 is 0 Å². The minimum Gasteiger partial charge on any atom is -0.347 e. The van der Waals surface area contributed by atoms with E-state index in [0.29, 0.717) is 18.5 Å². The molecule has 3 heterocycles. The lowest BCUT2D eigenvalue weighted by atomic mass is 9.93. The van der Waals surface area contributed by atoms with Gasteiger partial charge in [0.05, 0.1) is 16.1 Å². The average Bonchev–Trinajstić information content (AvgIpc) is 3.14. The van der Waals surface area contributed by atoms with Crippen LogP contribution >= 0.6 is 22.9 Å². The summed E-state index contributed by atoms with van der Waals surface area (Å²) in [5, 5.41) is 3.18. The Hall–Kier alpha value is -1.59. The zero-order chi connectivity index (χ0) is 16.0. The smallest absolute Gasteiger partial charge is 0.243 e. The fourth-order valence-electron chi connectivity index (χ4n) is 3.63. The molecule has 1 aliphatic heterocycles. The van der Waals surface area contributed by atoms with Crippen molar-refractivity contribution in [3.63, 3.8) is 0 Å². The van der Waals surface area contributed by atoms with E-state index in [4.69, 9.17) is 11.6 Å². The van der Waals surface area contributed by atoms with Crippen LogP contribution in [0.15, 0.2) is 24.4 Å². The quantitative estimate of drug-likeness (QED) is 0.894. The highest BCUT2D eigenvalue weighted by atomic mass is 35.5. The van der Waals surface area contributed by atoms with E-state index in [1.54, 1.807) is 17.4 Å². The Balaban J connectivity index is 1.56. The van der Waals surface area contributed by atoms with Crippen LogP contribution < -0.4 is 5.32 Å². The number of hydrogen-bond acceptors (Lipinski definition) is 3. The van der Waals surface area contributed by atoms with Gasteiger partial charge in [-0.05, 0) is 49.4 Å². The van der Waals surface area contributed by atoms with Gasteiger partial charge in [0.1, 0.15) is 6.04 Å². The van der Waals surface area contributed by atoms with Gasteiger partial charge in [-0.15, -0.1) is 11.3 Å². The van der Waals surface area contributed by atoms with Gasteiger partial charge in [-0.2, -0.15) is 0 Å². The fraction of sp³-hybridized carbons (Fsp3) is 0.412. The first kappa shape index (κ1) is 15.0. The van der Waals surface area contributed by atoms with Gasteiger partial charge in [0.2, 0.25) is 5.91 Å². The number of halogens is 1. The van der Waals surface area contributed by atoms with Crippen molar-refractivity contribution >= 4 is 34.6 Å². The molecular weight excluding hydrogens is 332 g/mol.